The van der Waals surface area contributed by atoms with Gasteiger partial charge in [0.05, 0.1) is 0 Å². The molecule has 19 heavy (non-hydrogen) atoms. The largest absolute Gasteiger partial charge is 0.313 e. The standard InChI is InChI=1S/C15H22ClN3/c16-15-7-4-12(9-18-15)10-19(14-5-6-14)11-13-3-1-2-8-17-13/h4,7,9,13-14,17H,1-3,5-6,8,10-11H2. The Morgan fingerprint density at radius 1 is 1.26 bits per heavy atom. The molecule has 1 saturated carbocycles. The molecule has 1 aliphatic carbocycles. The van der Waals surface area contributed by atoms with E-state index in [4.69, 9.17) is 11.6 Å². The molecule has 3 rings (SSSR count). The van der Waals surface area contributed by atoms with Crippen molar-refractivity contribution in [3.8, 4) is 0 Å². The van der Waals surface area contributed by atoms with Crippen molar-refractivity contribution in [3.05, 3.63) is 29.0 Å². The maximum Gasteiger partial charge on any atom is 0.129 e. The maximum absolute atomic E-state index is 5.84. The first kappa shape index (κ1) is 13.3. The Kier molecular flexibility index (Phi) is 4.36. The molecule has 2 heterocycles. The number of aromatic nitrogens is 1. The van der Waals surface area contributed by atoms with Gasteiger partial charge < -0.3 is 5.32 Å². The van der Waals surface area contributed by atoms with Crippen LogP contribution < -0.4 is 5.32 Å². The molecular formula is C15H22ClN3. The second kappa shape index (κ2) is 6.21. The number of nitrogens with zero attached hydrogens (tertiary/aromatic N) is 2. The summed E-state index contributed by atoms with van der Waals surface area (Å²) in [4.78, 5) is 6.80. The zero-order valence-electron chi connectivity index (χ0n) is 11.3. The second-order valence-electron chi connectivity index (χ2n) is 5.80. The van der Waals surface area contributed by atoms with Crippen molar-refractivity contribution in [2.45, 2.75) is 50.7 Å². The van der Waals surface area contributed by atoms with E-state index in [0.717, 1.165) is 12.6 Å². The summed E-state index contributed by atoms with van der Waals surface area (Å²) in [6, 6.07) is 5.45. The van der Waals surface area contributed by atoms with E-state index >= 15 is 0 Å². The second-order valence-corrected chi connectivity index (χ2v) is 6.18. The van der Waals surface area contributed by atoms with Crippen molar-refractivity contribution in [2.24, 2.45) is 0 Å². The lowest BCUT2D eigenvalue weighted by molar-refractivity contribution is 0.208. The Morgan fingerprint density at radius 2 is 2.16 bits per heavy atom. The lowest BCUT2D eigenvalue weighted by Crippen LogP contribution is -2.44. The first-order valence-electron chi connectivity index (χ1n) is 7.39. The molecule has 2 aliphatic rings. The molecule has 1 aromatic heterocycles. The van der Waals surface area contributed by atoms with Gasteiger partial charge >= 0.3 is 0 Å². The van der Waals surface area contributed by atoms with Crippen molar-refractivity contribution >= 4 is 11.6 Å². The summed E-state index contributed by atoms with van der Waals surface area (Å²) < 4.78 is 0. The summed E-state index contributed by atoms with van der Waals surface area (Å²) in [7, 11) is 0. The van der Waals surface area contributed by atoms with Gasteiger partial charge in [0.15, 0.2) is 0 Å². The Morgan fingerprint density at radius 3 is 2.79 bits per heavy atom. The first-order chi connectivity index (χ1) is 9.31. The monoisotopic (exact) mass is 279 g/mol. The molecule has 0 bridgehead atoms. The predicted molar refractivity (Wildman–Crippen MR) is 78.3 cm³/mol. The average molecular weight is 280 g/mol. The topological polar surface area (TPSA) is 28.2 Å². The third kappa shape index (κ3) is 3.91. The minimum Gasteiger partial charge on any atom is -0.313 e. The summed E-state index contributed by atoms with van der Waals surface area (Å²) in [5, 5.41) is 4.23. The number of halogens is 1. The molecule has 0 amide bonds. The highest BCUT2D eigenvalue weighted by Gasteiger charge is 2.30. The summed E-state index contributed by atoms with van der Waals surface area (Å²) >= 11 is 5.84. The van der Waals surface area contributed by atoms with E-state index in [-0.39, 0.29) is 0 Å². The van der Waals surface area contributed by atoms with Crippen molar-refractivity contribution in [1.29, 1.82) is 0 Å². The lowest BCUT2D eigenvalue weighted by atomic mass is 10.0. The molecule has 1 N–H and O–H groups in total. The van der Waals surface area contributed by atoms with Crippen LogP contribution in [0, 0.1) is 0 Å². The van der Waals surface area contributed by atoms with Gasteiger partial charge in [-0.15, -0.1) is 0 Å². The quantitative estimate of drug-likeness (QED) is 0.840. The molecule has 1 atom stereocenters. The molecule has 1 aliphatic heterocycles. The van der Waals surface area contributed by atoms with Gasteiger partial charge in [-0.05, 0) is 43.9 Å². The van der Waals surface area contributed by atoms with Crippen LogP contribution >= 0.6 is 11.6 Å². The Labute approximate surface area is 120 Å². The number of pyridine rings is 1. The Bertz CT molecular complexity index is 396. The Hall–Kier alpha value is -0.640. The molecule has 0 radical (unpaired) electrons. The van der Waals surface area contributed by atoms with Crippen LogP contribution in [-0.2, 0) is 6.54 Å². The van der Waals surface area contributed by atoms with Gasteiger partial charge in [-0.3, -0.25) is 4.90 Å². The van der Waals surface area contributed by atoms with Gasteiger partial charge in [0.1, 0.15) is 5.15 Å². The first-order valence-corrected chi connectivity index (χ1v) is 7.77. The fraction of sp³-hybridized carbons (Fsp3) is 0.667. The van der Waals surface area contributed by atoms with Gasteiger partial charge in [0.25, 0.3) is 0 Å². The Balaban J connectivity index is 1.59. The smallest absolute Gasteiger partial charge is 0.129 e. The molecule has 0 aromatic carbocycles. The number of hydrogen-bond donors (Lipinski definition) is 1. The fourth-order valence-electron chi connectivity index (χ4n) is 2.88. The third-order valence-corrected chi connectivity index (χ3v) is 4.33. The summed E-state index contributed by atoms with van der Waals surface area (Å²) in [5.41, 5.74) is 1.27. The molecule has 104 valence electrons. The van der Waals surface area contributed by atoms with E-state index in [1.807, 2.05) is 12.3 Å². The zero-order valence-corrected chi connectivity index (χ0v) is 12.1. The minimum atomic E-state index is 0.579. The molecule has 2 fully saturated rings. The highest BCUT2D eigenvalue weighted by Crippen LogP contribution is 2.29. The van der Waals surface area contributed by atoms with Crippen LogP contribution in [0.25, 0.3) is 0 Å². The average Bonchev–Trinajstić information content (AvgIpc) is 3.26. The van der Waals surface area contributed by atoms with E-state index < -0.39 is 0 Å². The van der Waals surface area contributed by atoms with Gasteiger partial charge in [-0.25, -0.2) is 4.98 Å². The SMILES string of the molecule is Clc1ccc(CN(CC2CCCCN2)C2CC2)cn1. The van der Waals surface area contributed by atoms with Crippen molar-refractivity contribution in [3.63, 3.8) is 0 Å². The molecule has 4 heteroatoms. The van der Waals surface area contributed by atoms with E-state index in [9.17, 15) is 0 Å². The van der Waals surface area contributed by atoms with Gasteiger partial charge in [0, 0.05) is 31.4 Å². The van der Waals surface area contributed by atoms with Crippen LogP contribution in [0.4, 0.5) is 0 Å². The minimum absolute atomic E-state index is 0.579. The van der Waals surface area contributed by atoms with E-state index in [1.165, 1.54) is 50.8 Å². The van der Waals surface area contributed by atoms with Gasteiger partial charge in [0.2, 0.25) is 0 Å². The zero-order chi connectivity index (χ0) is 13.1. The van der Waals surface area contributed by atoms with E-state index in [1.54, 1.807) is 0 Å². The third-order valence-electron chi connectivity index (χ3n) is 4.10. The van der Waals surface area contributed by atoms with Crippen LogP contribution in [0.1, 0.15) is 37.7 Å². The molecule has 1 saturated heterocycles. The van der Waals surface area contributed by atoms with Gasteiger partial charge in [-0.1, -0.05) is 24.1 Å². The number of nitrogens with one attached hydrogen (secondary N) is 1. The lowest BCUT2D eigenvalue weighted by Gasteiger charge is -2.30. The van der Waals surface area contributed by atoms with Crippen LogP contribution in [-0.4, -0.2) is 35.1 Å². The summed E-state index contributed by atoms with van der Waals surface area (Å²) in [6.07, 6.45) is 8.65. The molecule has 3 nitrogen and oxygen atoms in total. The molecule has 0 spiro atoms. The number of piperidine rings is 1. The van der Waals surface area contributed by atoms with Crippen molar-refractivity contribution < 1.29 is 0 Å². The maximum atomic E-state index is 5.84. The van der Waals surface area contributed by atoms with Crippen LogP contribution in [0.2, 0.25) is 5.15 Å². The molecular weight excluding hydrogens is 258 g/mol. The fourth-order valence-corrected chi connectivity index (χ4v) is 2.99. The molecule has 1 unspecified atom stereocenters. The highest BCUT2D eigenvalue weighted by atomic mass is 35.5. The van der Waals surface area contributed by atoms with Gasteiger partial charge in [-0.2, -0.15) is 0 Å². The highest BCUT2D eigenvalue weighted by molar-refractivity contribution is 6.29. The van der Waals surface area contributed by atoms with Crippen molar-refractivity contribution in [2.75, 3.05) is 13.1 Å². The van der Waals surface area contributed by atoms with Crippen LogP contribution in [0.15, 0.2) is 18.3 Å². The summed E-state index contributed by atoms with van der Waals surface area (Å²) in [5.74, 6) is 0. The van der Waals surface area contributed by atoms with E-state index in [2.05, 4.69) is 21.3 Å². The number of hydrogen-bond acceptors (Lipinski definition) is 3. The number of rotatable bonds is 5. The van der Waals surface area contributed by atoms with Crippen LogP contribution in [0.3, 0.4) is 0 Å². The normalized spacial score (nSPS) is 23.8. The predicted octanol–water partition coefficient (Wildman–Crippen LogP) is 2.84. The van der Waals surface area contributed by atoms with Crippen LogP contribution in [0.5, 0.6) is 0 Å². The summed E-state index contributed by atoms with van der Waals surface area (Å²) in [6.45, 7) is 3.37. The van der Waals surface area contributed by atoms with E-state index in [0.29, 0.717) is 11.2 Å². The van der Waals surface area contributed by atoms with Crippen molar-refractivity contribution in [1.82, 2.24) is 15.2 Å². The molecule has 1 aromatic rings.